The molecule has 1 heterocycles. The third-order valence-corrected chi connectivity index (χ3v) is 3.79. The summed E-state index contributed by atoms with van der Waals surface area (Å²) < 4.78 is 12.0. The van der Waals surface area contributed by atoms with Crippen molar-refractivity contribution < 1.29 is 4.21 Å². The molecular weight excluding hydrogens is 232 g/mol. The fraction of sp³-hybridized carbons (Fsp3) is 0.154. The van der Waals surface area contributed by atoms with E-state index in [2.05, 4.69) is 4.98 Å². The van der Waals surface area contributed by atoms with Gasteiger partial charge in [0.05, 0.1) is 10.8 Å². The smallest absolute Gasteiger partial charge is 0.0533 e. The standard InChI is InChI=1S/C13H14N2OS/c14-11-4-6-13(7-5-11)17(16)10-8-12-3-1-2-9-15-12/h1-7,9H,8,10,14H2. The Bertz CT molecular complexity index is 497. The number of benzene rings is 1. The Morgan fingerprint density at radius 3 is 2.53 bits per heavy atom. The number of rotatable bonds is 4. The van der Waals surface area contributed by atoms with Crippen molar-refractivity contribution >= 4 is 16.5 Å². The maximum Gasteiger partial charge on any atom is 0.0533 e. The van der Waals surface area contributed by atoms with Crippen molar-refractivity contribution in [3.05, 3.63) is 54.4 Å². The first-order chi connectivity index (χ1) is 8.25. The van der Waals surface area contributed by atoms with Gasteiger partial charge in [0.25, 0.3) is 0 Å². The van der Waals surface area contributed by atoms with Crippen molar-refractivity contribution in [2.75, 3.05) is 11.5 Å². The van der Waals surface area contributed by atoms with Gasteiger partial charge >= 0.3 is 0 Å². The molecule has 1 atom stereocenters. The van der Waals surface area contributed by atoms with Gasteiger partial charge < -0.3 is 5.73 Å². The molecule has 0 amide bonds. The Kier molecular flexibility index (Phi) is 3.88. The maximum atomic E-state index is 12.0. The molecule has 1 aromatic carbocycles. The number of hydrogen-bond acceptors (Lipinski definition) is 3. The molecule has 0 aliphatic carbocycles. The molecule has 0 bridgehead atoms. The summed E-state index contributed by atoms with van der Waals surface area (Å²) in [6, 6.07) is 12.9. The van der Waals surface area contributed by atoms with E-state index in [0.29, 0.717) is 11.4 Å². The summed E-state index contributed by atoms with van der Waals surface area (Å²) in [5, 5.41) is 0. The lowest BCUT2D eigenvalue weighted by Gasteiger charge is -2.02. The molecule has 0 radical (unpaired) electrons. The quantitative estimate of drug-likeness (QED) is 0.840. The number of anilines is 1. The van der Waals surface area contributed by atoms with E-state index in [-0.39, 0.29) is 0 Å². The van der Waals surface area contributed by atoms with E-state index in [1.807, 2.05) is 30.3 Å². The molecular formula is C13H14N2OS. The number of hydrogen-bond donors (Lipinski definition) is 1. The molecule has 0 spiro atoms. The third-order valence-electron chi connectivity index (χ3n) is 2.41. The Morgan fingerprint density at radius 2 is 1.88 bits per heavy atom. The van der Waals surface area contributed by atoms with Gasteiger partial charge in [-0.1, -0.05) is 6.07 Å². The van der Waals surface area contributed by atoms with Gasteiger partial charge in [-0.25, -0.2) is 0 Å². The topological polar surface area (TPSA) is 56.0 Å². The fourth-order valence-corrected chi connectivity index (χ4v) is 2.55. The highest BCUT2D eigenvalue weighted by atomic mass is 32.2. The second kappa shape index (κ2) is 5.59. The van der Waals surface area contributed by atoms with Crippen LogP contribution in [-0.2, 0) is 17.2 Å². The normalized spacial score (nSPS) is 12.2. The average Bonchev–Trinajstić information content (AvgIpc) is 2.38. The minimum Gasteiger partial charge on any atom is -0.399 e. The second-order valence-corrected chi connectivity index (χ2v) is 5.26. The Labute approximate surface area is 103 Å². The molecule has 2 aromatic rings. The fourth-order valence-electron chi connectivity index (χ4n) is 1.48. The van der Waals surface area contributed by atoms with Crippen LogP contribution in [0.15, 0.2) is 53.6 Å². The molecule has 1 unspecified atom stereocenters. The summed E-state index contributed by atoms with van der Waals surface area (Å²) in [4.78, 5) is 5.02. The minimum absolute atomic E-state index is 0.584. The lowest BCUT2D eigenvalue weighted by Crippen LogP contribution is -2.03. The van der Waals surface area contributed by atoms with Crippen LogP contribution in [0.4, 0.5) is 5.69 Å². The van der Waals surface area contributed by atoms with E-state index in [4.69, 9.17) is 5.73 Å². The second-order valence-electron chi connectivity index (χ2n) is 3.69. The first kappa shape index (κ1) is 11.8. The van der Waals surface area contributed by atoms with Crippen LogP contribution in [0.5, 0.6) is 0 Å². The summed E-state index contributed by atoms with van der Waals surface area (Å²) in [7, 11) is -0.988. The zero-order valence-electron chi connectivity index (χ0n) is 9.37. The van der Waals surface area contributed by atoms with Crippen molar-refractivity contribution in [3.63, 3.8) is 0 Å². The van der Waals surface area contributed by atoms with E-state index < -0.39 is 10.8 Å². The van der Waals surface area contributed by atoms with Gasteiger partial charge in [-0.2, -0.15) is 0 Å². The van der Waals surface area contributed by atoms with E-state index in [1.54, 1.807) is 18.3 Å². The molecule has 3 nitrogen and oxygen atoms in total. The van der Waals surface area contributed by atoms with Gasteiger partial charge in [-0.3, -0.25) is 9.19 Å². The van der Waals surface area contributed by atoms with Gasteiger partial charge in [0.1, 0.15) is 0 Å². The number of aromatic nitrogens is 1. The first-order valence-corrected chi connectivity index (χ1v) is 6.71. The van der Waals surface area contributed by atoms with E-state index in [1.165, 1.54) is 0 Å². The number of nitrogens with zero attached hydrogens (tertiary/aromatic N) is 1. The molecule has 2 N–H and O–H groups in total. The van der Waals surface area contributed by atoms with Crippen molar-refractivity contribution in [2.45, 2.75) is 11.3 Å². The maximum absolute atomic E-state index is 12.0. The molecule has 0 saturated carbocycles. The third kappa shape index (κ3) is 3.39. The summed E-state index contributed by atoms with van der Waals surface area (Å²) in [6.45, 7) is 0. The van der Waals surface area contributed by atoms with Gasteiger partial charge in [-0.15, -0.1) is 0 Å². The molecule has 0 fully saturated rings. The van der Waals surface area contributed by atoms with Crippen LogP contribution in [-0.4, -0.2) is 14.9 Å². The van der Waals surface area contributed by atoms with Gasteiger partial charge in [-0.05, 0) is 36.4 Å². The molecule has 88 valence electrons. The summed E-state index contributed by atoms with van der Waals surface area (Å²) in [6.07, 6.45) is 2.47. The Hall–Kier alpha value is -1.68. The highest BCUT2D eigenvalue weighted by Crippen LogP contribution is 2.11. The molecule has 0 saturated heterocycles. The SMILES string of the molecule is Nc1ccc(S(=O)CCc2ccccn2)cc1. The van der Waals surface area contributed by atoms with E-state index >= 15 is 0 Å². The van der Waals surface area contributed by atoms with Crippen LogP contribution >= 0.6 is 0 Å². The summed E-state index contributed by atoms with van der Waals surface area (Å²) >= 11 is 0. The Balaban J connectivity index is 1.96. The number of nitrogen functional groups attached to an aromatic ring is 1. The predicted molar refractivity (Wildman–Crippen MR) is 70.1 cm³/mol. The van der Waals surface area contributed by atoms with Gasteiger partial charge in [0.15, 0.2) is 0 Å². The molecule has 0 aliphatic heterocycles. The number of nitrogens with two attached hydrogens (primary N) is 1. The van der Waals surface area contributed by atoms with Crippen LogP contribution < -0.4 is 5.73 Å². The highest BCUT2D eigenvalue weighted by Gasteiger charge is 2.04. The van der Waals surface area contributed by atoms with Crippen LogP contribution in [0.3, 0.4) is 0 Å². The highest BCUT2D eigenvalue weighted by molar-refractivity contribution is 7.85. The number of aryl methyl sites for hydroxylation is 1. The first-order valence-electron chi connectivity index (χ1n) is 5.39. The molecule has 1 aromatic heterocycles. The van der Waals surface area contributed by atoms with Crippen molar-refractivity contribution in [1.82, 2.24) is 4.98 Å². The monoisotopic (exact) mass is 246 g/mol. The summed E-state index contributed by atoms with van der Waals surface area (Å²) in [5.41, 5.74) is 7.24. The lowest BCUT2D eigenvalue weighted by molar-refractivity contribution is 0.682. The largest absolute Gasteiger partial charge is 0.399 e. The van der Waals surface area contributed by atoms with Crippen LogP contribution in [0, 0.1) is 0 Å². The van der Waals surface area contributed by atoms with Gasteiger partial charge in [0, 0.05) is 34.6 Å². The molecule has 4 heteroatoms. The number of pyridine rings is 1. The van der Waals surface area contributed by atoms with E-state index in [0.717, 1.165) is 17.0 Å². The minimum atomic E-state index is -0.988. The van der Waals surface area contributed by atoms with Crippen LogP contribution in [0.2, 0.25) is 0 Å². The summed E-state index contributed by atoms with van der Waals surface area (Å²) in [5.74, 6) is 0.584. The predicted octanol–water partition coefficient (Wildman–Crippen LogP) is 2.01. The van der Waals surface area contributed by atoms with Gasteiger partial charge in [0.2, 0.25) is 0 Å². The lowest BCUT2D eigenvalue weighted by atomic mass is 10.3. The zero-order chi connectivity index (χ0) is 12.1. The van der Waals surface area contributed by atoms with Crippen LogP contribution in [0.1, 0.15) is 5.69 Å². The molecule has 0 aliphatic rings. The van der Waals surface area contributed by atoms with Crippen LogP contribution in [0.25, 0.3) is 0 Å². The Morgan fingerprint density at radius 1 is 1.12 bits per heavy atom. The van der Waals surface area contributed by atoms with Crippen molar-refractivity contribution in [1.29, 1.82) is 0 Å². The molecule has 2 rings (SSSR count). The average molecular weight is 246 g/mol. The molecule has 17 heavy (non-hydrogen) atoms. The van der Waals surface area contributed by atoms with Crippen molar-refractivity contribution in [3.8, 4) is 0 Å². The van der Waals surface area contributed by atoms with E-state index in [9.17, 15) is 4.21 Å². The van der Waals surface area contributed by atoms with Crippen molar-refractivity contribution in [2.24, 2.45) is 0 Å². The zero-order valence-corrected chi connectivity index (χ0v) is 10.2.